The highest BCUT2D eigenvalue weighted by molar-refractivity contribution is 6.05. The number of Topliss-reactive ketones (excluding diaryl/α,β-unsaturated/α-hetero) is 1. The van der Waals surface area contributed by atoms with Crippen molar-refractivity contribution in [2.75, 3.05) is 0 Å². The zero-order valence-corrected chi connectivity index (χ0v) is 15.9. The molecule has 3 rings (SSSR count). The Balaban J connectivity index is 1.89. The number of hydrogen-bond acceptors (Lipinski definition) is 4. The van der Waals surface area contributed by atoms with Gasteiger partial charge >= 0.3 is 0 Å². The third-order valence-electron chi connectivity index (χ3n) is 4.48. The molecule has 0 saturated heterocycles. The van der Waals surface area contributed by atoms with Crippen LogP contribution in [0.2, 0.25) is 0 Å². The van der Waals surface area contributed by atoms with Crippen LogP contribution in [0, 0.1) is 5.41 Å². The summed E-state index contributed by atoms with van der Waals surface area (Å²) in [5, 5.41) is 12.6. The van der Waals surface area contributed by atoms with Gasteiger partial charge in [0.1, 0.15) is 17.9 Å². The van der Waals surface area contributed by atoms with Crippen molar-refractivity contribution in [2.45, 2.75) is 46.1 Å². The first-order valence-corrected chi connectivity index (χ1v) is 9.08. The Hall–Kier alpha value is -2.89. The Morgan fingerprint density at radius 3 is 2.74 bits per heavy atom. The van der Waals surface area contributed by atoms with Gasteiger partial charge in [0.25, 0.3) is 0 Å². The van der Waals surface area contributed by atoms with Gasteiger partial charge in [-0.2, -0.15) is 4.73 Å². The molecule has 1 aromatic heterocycles. The fraction of sp³-hybridized carbons (Fsp3) is 0.381. The summed E-state index contributed by atoms with van der Waals surface area (Å²) in [6, 6.07) is 4.26. The van der Waals surface area contributed by atoms with Gasteiger partial charge < -0.3 is 10.5 Å². The van der Waals surface area contributed by atoms with Crippen LogP contribution in [0.3, 0.4) is 0 Å². The number of nitrogens with one attached hydrogen (secondary N) is 1. The molecule has 0 radical (unpaired) electrons. The summed E-state index contributed by atoms with van der Waals surface area (Å²) in [6.45, 7) is 5.97. The van der Waals surface area contributed by atoms with Crippen LogP contribution in [0.25, 0.3) is 11.0 Å². The van der Waals surface area contributed by atoms with Gasteiger partial charge in [-0.25, -0.2) is 4.98 Å². The highest BCUT2D eigenvalue weighted by atomic mass is 16.5. The van der Waals surface area contributed by atoms with Gasteiger partial charge in [-0.05, 0) is 42.0 Å². The minimum Gasteiger partial charge on any atom is -0.427 e. The molecule has 0 saturated carbocycles. The Bertz CT molecular complexity index is 932. The van der Waals surface area contributed by atoms with E-state index in [-0.39, 0.29) is 17.1 Å². The molecule has 0 bridgehead atoms. The Morgan fingerprint density at radius 2 is 2.07 bits per heavy atom. The van der Waals surface area contributed by atoms with E-state index in [4.69, 9.17) is 0 Å². The molecule has 27 heavy (non-hydrogen) atoms. The lowest BCUT2D eigenvalue weighted by atomic mass is 9.89. The molecule has 1 atom stereocenters. The zero-order valence-electron chi connectivity index (χ0n) is 15.9. The SMILES string of the molecule is CC(C)(C)CC(=O)N[C@@H](C(=O)c1ccc2c(c1)ncn2O)C1=CCC=CC1. The van der Waals surface area contributed by atoms with E-state index >= 15 is 0 Å². The number of ketones is 1. The van der Waals surface area contributed by atoms with Gasteiger partial charge in [0.15, 0.2) is 5.78 Å². The lowest BCUT2D eigenvalue weighted by Crippen LogP contribution is -2.43. The predicted octanol–water partition coefficient (Wildman–Crippen LogP) is 3.65. The van der Waals surface area contributed by atoms with Crippen LogP contribution < -0.4 is 5.32 Å². The minimum atomic E-state index is -0.696. The van der Waals surface area contributed by atoms with E-state index < -0.39 is 6.04 Å². The first-order chi connectivity index (χ1) is 12.7. The summed E-state index contributed by atoms with van der Waals surface area (Å²) in [7, 11) is 0. The molecule has 6 heteroatoms. The maximum atomic E-state index is 13.2. The average molecular weight is 367 g/mol. The van der Waals surface area contributed by atoms with Crippen molar-refractivity contribution in [3.8, 4) is 0 Å². The minimum absolute atomic E-state index is 0.142. The normalized spacial score (nSPS) is 15.4. The highest BCUT2D eigenvalue weighted by Gasteiger charge is 2.28. The van der Waals surface area contributed by atoms with Gasteiger partial charge in [-0.1, -0.05) is 39.0 Å². The molecule has 2 aromatic rings. The third-order valence-corrected chi connectivity index (χ3v) is 4.48. The van der Waals surface area contributed by atoms with E-state index in [2.05, 4.69) is 10.3 Å². The third kappa shape index (κ3) is 4.45. The second-order valence-electron chi connectivity index (χ2n) is 8.09. The van der Waals surface area contributed by atoms with Crippen molar-refractivity contribution in [3.05, 3.63) is 53.9 Å². The number of allylic oxidation sites excluding steroid dienone is 3. The van der Waals surface area contributed by atoms with Crippen LogP contribution in [0.15, 0.2) is 48.3 Å². The van der Waals surface area contributed by atoms with Crippen LogP contribution in [-0.4, -0.2) is 32.7 Å². The summed E-state index contributed by atoms with van der Waals surface area (Å²) < 4.78 is 0.917. The van der Waals surface area contributed by atoms with Gasteiger partial charge in [0.2, 0.25) is 5.91 Å². The fourth-order valence-corrected chi connectivity index (χ4v) is 3.19. The molecule has 1 amide bonds. The van der Waals surface area contributed by atoms with E-state index in [9.17, 15) is 14.8 Å². The smallest absolute Gasteiger partial charge is 0.221 e. The molecular formula is C21H25N3O3. The average Bonchev–Trinajstić information content (AvgIpc) is 2.99. The summed E-state index contributed by atoms with van der Waals surface area (Å²) >= 11 is 0. The molecule has 0 aliphatic heterocycles. The van der Waals surface area contributed by atoms with E-state index in [0.717, 1.165) is 16.7 Å². The number of nitrogens with zero attached hydrogens (tertiary/aromatic N) is 2. The number of fused-ring (bicyclic) bond motifs is 1. The number of carbonyl (C=O) groups is 2. The molecule has 142 valence electrons. The molecule has 6 nitrogen and oxygen atoms in total. The van der Waals surface area contributed by atoms with Crippen molar-refractivity contribution >= 4 is 22.7 Å². The Kier molecular flexibility index (Phi) is 5.17. The molecule has 1 aliphatic carbocycles. The first kappa shape index (κ1) is 18.9. The van der Waals surface area contributed by atoms with Crippen LogP contribution in [0.1, 0.15) is 50.4 Å². The van der Waals surface area contributed by atoms with Crippen LogP contribution in [0.5, 0.6) is 0 Å². The maximum Gasteiger partial charge on any atom is 0.221 e. The van der Waals surface area contributed by atoms with Crippen LogP contribution >= 0.6 is 0 Å². The lowest BCUT2D eigenvalue weighted by molar-refractivity contribution is -0.123. The molecule has 1 heterocycles. The number of carbonyl (C=O) groups excluding carboxylic acids is 2. The lowest BCUT2D eigenvalue weighted by Gasteiger charge is -2.24. The molecule has 0 unspecified atom stereocenters. The zero-order chi connectivity index (χ0) is 19.6. The number of rotatable bonds is 5. The maximum absolute atomic E-state index is 13.2. The molecule has 2 N–H and O–H groups in total. The van der Waals surface area contributed by atoms with Crippen molar-refractivity contribution in [1.82, 2.24) is 15.0 Å². The Labute approximate surface area is 158 Å². The van der Waals surface area contributed by atoms with Gasteiger partial charge in [-0.15, -0.1) is 0 Å². The number of imidazole rings is 1. The number of hydrogen-bond donors (Lipinski definition) is 2. The molecule has 0 spiro atoms. The number of amides is 1. The Morgan fingerprint density at radius 1 is 1.30 bits per heavy atom. The molecular weight excluding hydrogens is 342 g/mol. The summed E-state index contributed by atoms with van der Waals surface area (Å²) in [5.74, 6) is -0.315. The van der Waals surface area contributed by atoms with Crippen molar-refractivity contribution in [2.24, 2.45) is 5.41 Å². The summed E-state index contributed by atoms with van der Waals surface area (Å²) in [5.41, 5.74) is 2.25. The van der Waals surface area contributed by atoms with E-state index in [1.165, 1.54) is 6.33 Å². The fourth-order valence-electron chi connectivity index (χ4n) is 3.19. The van der Waals surface area contributed by atoms with Gasteiger partial charge in [0.05, 0.1) is 5.52 Å². The molecule has 1 aromatic carbocycles. The monoisotopic (exact) mass is 367 g/mol. The molecule has 1 aliphatic rings. The topological polar surface area (TPSA) is 84.2 Å². The number of benzene rings is 1. The largest absolute Gasteiger partial charge is 0.427 e. The van der Waals surface area contributed by atoms with Crippen molar-refractivity contribution < 1.29 is 14.8 Å². The second kappa shape index (κ2) is 7.39. The van der Waals surface area contributed by atoms with E-state index in [1.807, 2.05) is 39.0 Å². The van der Waals surface area contributed by atoms with Crippen LogP contribution in [0.4, 0.5) is 0 Å². The van der Waals surface area contributed by atoms with Gasteiger partial charge in [0, 0.05) is 12.0 Å². The first-order valence-electron chi connectivity index (χ1n) is 9.08. The summed E-state index contributed by atoms with van der Waals surface area (Å²) in [6.07, 6.45) is 9.08. The summed E-state index contributed by atoms with van der Waals surface area (Å²) in [4.78, 5) is 29.8. The van der Waals surface area contributed by atoms with Crippen molar-refractivity contribution in [3.63, 3.8) is 0 Å². The predicted molar refractivity (Wildman–Crippen MR) is 104 cm³/mol. The standard InChI is InChI=1S/C21H25N3O3/c1-21(2,3)12-18(25)23-19(14-7-5-4-6-8-14)20(26)15-9-10-17-16(11-15)22-13-24(17)27/h4-5,8-11,13,19,27H,6-7,12H2,1-3H3,(H,23,25)/t19-/m1/s1. The van der Waals surface area contributed by atoms with E-state index in [0.29, 0.717) is 29.4 Å². The number of aromatic nitrogens is 2. The van der Waals surface area contributed by atoms with Crippen molar-refractivity contribution in [1.29, 1.82) is 0 Å². The van der Waals surface area contributed by atoms with Gasteiger partial charge in [-0.3, -0.25) is 9.59 Å². The second-order valence-corrected chi connectivity index (χ2v) is 8.09. The molecule has 0 fully saturated rings. The quantitative estimate of drug-likeness (QED) is 0.480. The highest BCUT2D eigenvalue weighted by Crippen LogP contribution is 2.23. The van der Waals surface area contributed by atoms with E-state index in [1.54, 1.807) is 18.2 Å². The van der Waals surface area contributed by atoms with Crippen LogP contribution in [-0.2, 0) is 4.79 Å².